The Morgan fingerprint density at radius 2 is 1.81 bits per heavy atom. The molecule has 0 atom stereocenters. The topological polar surface area (TPSA) is 56.2 Å². The summed E-state index contributed by atoms with van der Waals surface area (Å²) < 4.78 is 8.11. The number of carbonyl (C=O) groups excluding carboxylic acids is 1. The van der Waals surface area contributed by atoms with Crippen molar-refractivity contribution in [2.45, 2.75) is 33.9 Å². The summed E-state index contributed by atoms with van der Waals surface area (Å²) in [5.41, 5.74) is 6.12. The first-order valence-corrected chi connectivity index (χ1v) is 10.5. The first-order chi connectivity index (χ1) is 15.0. The number of hydrogen-bond acceptors (Lipinski definition) is 3. The summed E-state index contributed by atoms with van der Waals surface area (Å²) in [5.74, 6) is 1.57. The van der Waals surface area contributed by atoms with Crippen molar-refractivity contribution in [3.8, 4) is 5.75 Å². The van der Waals surface area contributed by atoms with E-state index in [4.69, 9.17) is 9.72 Å². The van der Waals surface area contributed by atoms with Crippen molar-refractivity contribution in [1.29, 1.82) is 0 Å². The van der Waals surface area contributed by atoms with E-state index in [1.165, 1.54) is 11.1 Å². The van der Waals surface area contributed by atoms with Crippen molar-refractivity contribution in [2.75, 3.05) is 6.61 Å². The molecule has 0 saturated carbocycles. The second-order valence-corrected chi connectivity index (χ2v) is 7.82. The number of ether oxygens (including phenoxy) is 1. The molecule has 0 bridgehead atoms. The first-order valence-electron chi connectivity index (χ1n) is 10.5. The van der Waals surface area contributed by atoms with Gasteiger partial charge in [0, 0.05) is 5.56 Å². The molecule has 0 saturated heterocycles. The highest BCUT2D eigenvalue weighted by Gasteiger charge is 2.13. The van der Waals surface area contributed by atoms with Gasteiger partial charge >= 0.3 is 0 Å². The number of aromatic nitrogens is 2. The number of aryl methyl sites for hydroxylation is 3. The number of para-hydroxylation sites is 2. The summed E-state index contributed by atoms with van der Waals surface area (Å²) in [6, 6.07) is 21.7. The van der Waals surface area contributed by atoms with Crippen LogP contribution >= 0.6 is 0 Å². The number of nitrogens with one attached hydrogen (secondary N) is 1. The minimum Gasteiger partial charge on any atom is -0.492 e. The molecule has 1 N–H and O–H groups in total. The highest BCUT2D eigenvalue weighted by Crippen LogP contribution is 2.19. The summed E-state index contributed by atoms with van der Waals surface area (Å²) in [5, 5.41) is 3.00. The van der Waals surface area contributed by atoms with Gasteiger partial charge < -0.3 is 14.6 Å². The highest BCUT2D eigenvalue weighted by atomic mass is 16.5. The van der Waals surface area contributed by atoms with Gasteiger partial charge in [0.15, 0.2) is 0 Å². The lowest BCUT2D eigenvalue weighted by Gasteiger charge is -2.12. The van der Waals surface area contributed by atoms with Gasteiger partial charge in [-0.05, 0) is 68.3 Å². The molecule has 31 heavy (non-hydrogen) atoms. The lowest BCUT2D eigenvalue weighted by Crippen LogP contribution is -2.25. The van der Waals surface area contributed by atoms with Gasteiger partial charge in [-0.3, -0.25) is 4.79 Å². The average Bonchev–Trinajstić information content (AvgIpc) is 3.12. The van der Waals surface area contributed by atoms with Gasteiger partial charge in [-0.2, -0.15) is 0 Å². The van der Waals surface area contributed by atoms with Gasteiger partial charge in [0.2, 0.25) is 0 Å². The van der Waals surface area contributed by atoms with Gasteiger partial charge in [-0.1, -0.05) is 35.9 Å². The Balaban J connectivity index is 1.48. The third kappa shape index (κ3) is 4.77. The number of carbonyl (C=O) groups is 1. The maximum atomic E-state index is 12.6. The smallest absolute Gasteiger partial charge is 0.251 e. The molecule has 0 aliphatic carbocycles. The zero-order valence-corrected chi connectivity index (χ0v) is 18.2. The molecular formula is C26H27N3O2. The molecule has 4 rings (SSSR count). The van der Waals surface area contributed by atoms with Crippen LogP contribution in [0.25, 0.3) is 11.0 Å². The number of amides is 1. The van der Waals surface area contributed by atoms with Crippen molar-refractivity contribution in [2.24, 2.45) is 0 Å². The van der Waals surface area contributed by atoms with E-state index in [0.717, 1.165) is 28.2 Å². The monoisotopic (exact) mass is 413 g/mol. The van der Waals surface area contributed by atoms with Gasteiger partial charge in [0.05, 0.1) is 24.1 Å². The van der Waals surface area contributed by atoms with E-state index in [9.17, 15) is 4.79 Å². The molecule has 3 aromatic carbocycles. The number of fused-ring (bicyclic) bond motifs is 1. The van der Waals surface area contributed by atoms with Crippen LogP contribution in [0.5, 0.6) is 5.75 Å². The molecular weight excluding hydrogens is 386 g/mol. The third-order valence-electron chi connectivity index (χ3n) is 5.48. The lowest BCUT2D eigenvalue weighted by atomic mass is 10.1. The second-order valence-electron chi connectivity index (χ2n) is 7.82. The number of hydrogen-bond donors (Lipinski definition) is 1. The van der Waals surface area contributed by atoms with Crippen molar-refractivity contribution in [3.05, 3.63) is 94.8 Å². The predicted molar refractivity (Wildman–Crippen MR) is 123 cm³/mol. The van der Waals surface area contributed by atoms with E-state index >= 15 is 0 Å². The van der Waals surface area contributed by atoms with Crippen LogP contribution in [0.1, 0.15) is 32.9 Å². The summed E-state index contributed by atoms with van der Waals surface area (Å²) in [6.45, 7) is 7.66. The van der Waals surface area contributed by atoms with Gasteiger partial charge in [-0.25, -0.2) is 4.98 Å². The van der Waals surface area contributed by atoms with Crippen LogP contribution in [0, 0.1) is 20.8 Å². The van der Waals surface area contributed by atoms with Crippen molar-refractivity contribution >= 4 is 16.9 Å². The van der Waals surface area contributed by atoms with Crippen molar-refractivity contribution in [3.63, 3.8) is 0 Å². The van der Waals surface area contributed by atoms with E-state index < -0.39 is 0 Å². The van der Waals surface area contributed by atoms with E-state index in [1.807, 2.05) is 61.5 Å². The summed E-state index contributed by atoms with van der Waals surface area (Å²) in [4.78, 5) is 17.3. The summed E-state index contributed by atoms with van der Waals surface area (Å²) in [6.07, 6.45) is 0. The number of imidazole rings is 1. The molecule has 4 aromatic rings. The molecule has 0 radical (unpaired) electrons. The van der Waals surface area contributed by atoms with Gasteiger partial charge in [-0.15, -0.1) is 0 Å². The minimum absolute atomic E-state index is 0.103. The molecule has 0 aliphatic rings. The Bertz CT molecular complexity index is 1230. The molecule has 0 spiro atoms. The fourth-order valence-corrected chi connectivity index (χ4v) is 3.62. The Labute approximate surface area is 182 Å². The molecule has 5 nitrogen and oxygen atoms in total. The average molecular weight is 414 g/mol. The van der Waals surface area contributed by atoms with E-state index in [-0.39, 0.29) is 5.91 Å². The van der Waals surface area contributed by atoms with Crippen molar-refractivity contribution in [1.82, 2.24) is 14.9 Å². The van der Waals surface area contributed by atoms with Gasteiger partial charge in [0.1, 0.15) is 18.2 Å². The maximum absolute atomic E-state index is 12.6. The number of benzene rings is 3. The van der Waals surface area contributed by atoms with Crippen LogP contribution < -0.4 is 10.1 Å². The van der Waals surface area contributed by atoms with Crippen LogP contribution in [0.15, 0.2) is 66.7 Å². The molecule has 0 fully saturated rings. The van der Waals surface area contributed by atoms with Crippen LogP contribution in [0.4, 0.5) is 0 Å². The maximum Gasteiger partial charge on any atom is 0.251 e. The molecule has 0 unspecified atom stereocenters. The normalized spacial score (nSPS) is 10.9. The zero-order valence-electron chi connectivity index (χ0n) is 18.2. The molecule has 1 heterocycles. The second kappa shape index (κ2) is 9.04. The predicted octanol–water partition coefficient (Wildman–Crippen LogP) is 4.97. The van der Waals surface area contributed by atoms with E-state index in [1.54, 1.807) is 0 Å². The summed E-state index contributed by atoms with van der Waals surface area (Å²) in [7, 11) is 0. The quantitative estimate of drug-likeness (QED) is 0.465. The fourth-order valence-electron chi connectivity index (χ4n) is 3.62. The van der Waals surface area contributed by atoms with Crippen LogP contribution in [-0.2, 0) is 13.1 Å². The zero-order chi connectivity index (χ0) is 21.8. The minimum atomic E-state index is -0.103. The van der Waals surface area contributed by atoms with E-state index in [0.29, 0.717) is 25.3 Å². The molecule has 5 heteroatoms. The Kier molecular flexibility index (Phi) is 6.03. The molecule has 1 aromatic heterocycles. The Morgan fingerprint density at radius 1 is 0.968 bits per heavy atom. The Morgan fingerprint density at radius 3 is 2.61 bits per heavy atom. The van der Waals surface area contributed by atoms with Gasteiger partial charge in [0.25, 0.3) is 5.91 Å². The van der Waals surface area contributed by atoms with Crippen molar-refractivity contribution < 1.29 is 9.53 Å². The van der Waals surface area contributed by atoms with Crippen LogP contribution in [0.3, 0.4) is 0 Å². The van der Waals surface area contributed by atoms with E-state index in [2.05, 4.69) is 35.9 Å². The third-order valence-corrected chi connectivity index (χ3v) is 5.48. The number of nitrogens with zero attached hydrogens (tertiary/aromatic N) is 2. The summed E-state index contributed by atoms with van der Waals surface area (Å²) >= 11 is 0. The lowest BCUT2D eigenvalue weighted by molar-refractivity contribution is 0.0949. The SMILES string of the molecule is Cc1cccc(C(=O)NCc2nc3ccccc3n2CCOc2ccc(C)c(C)c2)c1. The molecule has 1 amide bonds. The molecule has 158 valence electrons. The largest absolute Gasteiger partial charge is 0.492 e. The first kappa shape index (κ1) is 20.7. The van der Waals surface area contributed by atoms with Crippen LogP contribution in [-0.4, -0.2) is 22.1 Å². The fraction of sp³-hybridized carbons (Fsp3) is 0.231. The highest BCUT2D eigenvalue weighted by molar-refractivity contribution is 5.94. The Hall–Kier alpha value is -3.60. The standard InChI is InChI=1S/C26H27N3O2/c1-18-7-6-8-21(15-18)26(30)27-17-25-28-23-9-4-5-10-24(23)29(25)13-14-31-22-12-11-19(2)20(3)16-22/h4-12,15-16H,13-14,17H2,1-3H3,(H,27,30). The number of rotatable bonds is 7. The molecule has 0 aliphatic heterocycles. The van der Waals surface area contributed by atoms with Crippen LogP contribution in [0.2, 0.25) is 0 Å².